The number of benzene rings is 2. The number of hydrogen-bond donors (Lipinski definition) is 3. The molecule has 0 bridgehead atoms. The van der Waals surface area contributed by atoms with Gasteiger partial charge in [0.2, 0.25) is 0 Å². The lowest BCUT2D eigenvalue weighted by Gasteiger charge is -2.20. The average Bonchev–Trinajstić information content (AvgIpc) is 3.37. The van der Waals surface area contributed by atoms with Crippen molar-refractivity contribution in [3.63, 3.8) is 0 Å². The van der Waals surface area contributed by atoms with E-state index >= 15 is 0 Å². The zero-order valence-corrected chi connectivity index (χ0v) is 17.3. The summed E-state index contributed by atoms with van der Waals surface area (Å²) in [6.45, 7) is 10.9. The van der Waals surface area contributed by atoms with E-state index in [1.807, 2.05) is 0 Å². The molecule has 2 saturated heterocycles. The predicted molar refractivity (Wildman–Crippen MR) is 116 cm³/mol. The van der Waals surface area contributed by atoms with Gasteiger partial charge in [0.25, 0.3) is 0 Å². The van der Waals surface area contributed by atoms with Gasteiger partial charge in [-0.25, -0.2) is 5.43 Å². The van der Waals surface area contributed by atoms with Crippen LogP contribution in [-0.2, 0) is 13.1 Å². The van der Waals surface area contributed by atoms with Crippen LogP contribution in [0.1, 0.15) is 46.7 Å². The third-order valence-electron chi connectivity index (χ3n) is 6.35. The summed E-state index contributed by atoms with van der Waals surface area (Å²) in [5.74, 6) is 0.552. The van der Waals surface area contributed by atoms with Gasteiger partial charge >= 0.3 is 0 Å². The van der Waals surface area contributed by atoms with Gasteiger partial charge in [0.1, 0.15) is 0 Å². The fraction of sp³-hybridized carbons (Fsp3) is 0.500. The molecular formula is C24H34N4. The number of rotatable bonds is 7. The maximum Gasteiger partial charge on any atom is 0.0515 e. The summed E-state index contributed by atoms with van der Waals surface area (Å²) in [6.07, 6.45) is 2.71. The van der Waals surface area contributed by atoms with Gasteiger partial charge in [0, 0.05) is 32.1 Å². The molecule has 2 fully saturated rings. The molecule has 0 saturated carbocycles. The minimum absolute atomic E-state index is 0.370. The quantitative estimate of drug-likeness (QED) is 0.690. The molecule has 0 amide bonds. The summed E-state index contributed by atoms with van der Waals surface area (Å²) in [6, 6.07) is 16.4. The summed E-state index contributed by atoms with van der Waals surface area (Å²) >= 11 is 0. The summed E-state index contributed by atoms with van der Waals surface area (Å²) in [5.41, 5.74) is 13.7. The molecule has 4 nitrogen and oxygen atoms in total. The van der Waals surface area contributed by atoms with E-state index in [9.17, 15) is 0 Å². The molecule has 2 aromatic rings. The smallest absolute Gasteiger partial charge is 0.0515 e. The number of hydrazine groups is 1. The van der Waals surface area contributed by atoms with Crippen LogP contribution in [0.2, 0.25) is 0 Å². The molecule has 2 aliphatic rings. The van der Waals surface area contributed by atoms with E-state index in [0.29, 0.717) is 12.0 Å². The van der Waals surface area contributed by atoms with Crippen LogP contribution in [0.15, 0.2) is 42.5 Å². The zero-order chi connectivity index (χ0) is 19.3. The first kappa shape index (κ1) is 19.6. The predicted octanol–water partition coefficient (Wildman–Crippen LogP) is 3.45. The number of nitrogens with zero attached hydrogens (tertiary/aromatic N) is 1. The van der Waals surface area contributed by atoms with E-state index in [1.165, 1.54) is 53.7 Å². The molecule has 4 heteroatoms. The Morgan fingerprint density at radius 3 is 2.46 bits per heavy atom. The SMILES string of the molecule is Cc1ccc(C2NNCC2CNCc2ccc(CN3CCCC3)cc2)cc1C. The maximum absolute atomic E-state index is 3.67. The molecule has 0 aromatic heterocycles. The van der Waals surface area contributed by atoms with Crippen LogP contribution < -0.4 is 16.2 Å². The van der Waals surface area contributed by atoms with Crippen molar-refractivity contribution in [2.24, 2.45) is 5.92 Å². The highest BCUT2D eigenvalue weighted by molar-refractivity contribution is 5.32. The standard InChI is InChI=1S/C24H34N4/c1-18-5-10-22(13-19(18)2)24-23(16-26-27-24)15-25-14-20-6-8-21(9-7-20)17-28-11-3-4-12-28/h5-10,13,23-27H,3-4,11-12,14-17H2,1-2H3. The molecule has 2 atom stereocenters. The largest absolute Gasteiger partial charge is 0.312 e. The number of likely N-dealkylation sites (tertiary alicyclic amines) is 1. The Morgan fingerprint density at radius 2 is 1.71 bits per heavy atom. The maximum atomic E-state index is 3.67. The lowest BCUT2D eigenvalue weighted by atomic mass is 9.92. The van der Waals surface area contributed by atoms with Crippen LogP contribution in [0, 0.1) is 19.8 Å². The van der Waals surface area contributed by atoms with E-state index in [0.717, 1.165) is 26.2 Å². The lowest BCUT2D eigenvalue weighted by molar-refractivity contribution is 0.331. The molecule has 2 aliphatic heterocycles. The fourth-order valence-electron chi connectivity index (χ4n) is 4.40. The van der Waals surface area contributed by atoms with Crippen LogP contribution in [0.3, 0.4) is 0 Å². The molecule has 2 heterocycles. The van der Waals surface area contributed by atoms with Crippen molar-refractivity contribution >= 4 is 0 Å². The molecule has 28 heavy (non-hydrogen) atoms. The molecule has 3 N–H and O–H groups in total. The Bertz CT molecular complexity index is 765. The van der Waals surface area contributed by atoms with Crippen molar-refractivity contribution < 1.29 is 0 Å². The first-order chi connectivity index (χ1) is 13.7. The molecule has 4 rings (SSSR count). The van der Waals surface area contributed by atoms with Gasteiger partial charge in [0.15, 0.2) is 0 Å². The van der Waals surface area contributed by atoms with E-state index < -0.39 is 0 Å². The van der Waals surface area contributed by atoms with Gasteiger partial charge in [-0.05, 0) is 67.6 Å². The Balaban J connectivity index is 1.27. The highest BCUT2D eigenvalue weighted by Crippen LogP contribution is 2.26. The topological polar surface area (TPSA) is 39.3 Å². The molecular weight excluding hydrogens is 344 g/mol. The third kappa shape index (κ3) is 4.81. The molecule has 0 aliphatic carbocycles. The summed E-state index contributed by atoms with van der Waals surface area (Å²) in [7, 11) is 0. The Morgan fingerprint density at radius 1 is 0.964 bits per heavy atom. The second kappa shape index (κ2) is 9.19. The monoisotopic (exact) mass is 378 g/mol. The van der Waals surface area contributed by atoms with Crippen LogP contribution in [0.25, 0.3) is 0 Å². The minimum atomic E-state index is 0.370. The van der Waals surface area contributed by atoms with Crippen LogP contribution in [0.4, 0.5) is 0 Å². The van der Waals surface area contributed by atoms with Crippen molar-refractivity contribution in [1.29, 1.82) is 0 Å². The van der Waals surface area contributed by atoms with Crippen molar-refractivity contribution in [3.05, 3.63) is 70.3 Å². The van der Waals surface area contributed by atoms with Gasteiger partial charge in [-0.3, -0.25) is 10.3 Å². The normalized spacial score (nSPS) is 22.8. The third-order valence-corrected chi connectivity index (χ3v) is 6.35. The van der Waals surface area contributed by atoms with Gasteiger partial charge in [-0.1, -0.05) is 42.5 Å². The van der Waals surface area contributed by atoms with E-state index in [2.05, 4.69) is 77.4 Å². The Hall–Kier alpha value is -1.72. The molecule has 0 radical (unpaired) electrons. The van der Waals surface area contributed by atoms with Gasteiger partial charge < -0.3 is 5.32 Å². The average molecular weight is 379 g/mol. The minimum Gasteiger partial charge on any atom is -0.312 e. The second-order valence-corrected chi connectivity index (χ2v) is 8.54. The van der Waals surface area contributed by atoms with Crippen LogP contribution in [0.5, 0.6) is 0 Å². The second-order valence-electron chi connectivity index (χ2n) is 8.54. The summed E-state index contributed by atoms with van der Waals surface area (Å²) in [5, 5.41) is 3.67. The number of hydrogen-bond acceptors (Lipinski definition) is 4. The van der Waals surface area contributed by atoms with Crippen LogP contribution >= 0.6 is 0 Å². The Labute approximate surface area is 169 Å². The van der Waals surface area contributed by atoms with Gasteiger partial charge in [0.05, 0.1) is 6.04 Å². The van der Waals surface area contributed by atoms with E-state index in [1.54, 1.807) is 0 Å². The fourth-order valence-corrected chi connectivity index (χ4v) is 4.40. The highest BCUT2D eigenvalue weighted by atomic mass is 15.4. The molecule has 2 aromatic carbocycles. The number of nitrogens with one attached hydrogen (secondary N) is 3. The molecule has 2 unspecified atom stereocenters. The molecule has 0 spiro atoms. The molecule has 150 valence electrons. The van der Waals surface area contributed by atoms with Gasteiger partial charge in [-0.2, -0.15) is 0 Å². The van der Waals surface area contributed by atoms with Crippen molar-refractivity contribution in [1.82, 2.24) is 21.1 Å². The van der Waals surface area contributed by atoms with Crippen molar-refractivity contribution in [3.8, 4) is 0 Å². The first-order valence-corrected chi connectivity index (χ1v) is 10.8. The summed E-state index contributed by atoms with van der Waals surface area (Å²) < 4.78 is 0. The highest BCUT2D eigenvalue weighted by Gasteiger charge is 2.27. The van der Waals surface area contributed by atoms with Crippen molar-refractivity contribution in [2.75, 3.05) is 26.2 Å². The number of aryl methyl sites for hydroxylation is 2. The summed E-state index contributed by atoms with van der Waals surface area (Å²) in [4.78, 5) is 2.56. The van der Waals surface area contributed by atoms with Crippen LogP contribution in [-0.4, -0.2) is 31.1 Å². The lowest BCUT2D eigenvalue weighted by Crippen LogP contribution is -2.28. The van der Waals surface area contributed by atoms with Crippen molar-refractivity contribution in [2.45, 2.75) is 45.8 Å². The zero-order valence-electron chi connectivity index (χ0n) is 17.3. The van der Waals surface area contributed by atoms with E-state index in [4.69, 9.17) is 0 Å². The van der Waals surface area contributed by atoms with E-state index in [-0.39, 0.29) is 0 Å². The van der Waals surface area contributed by atoms with Gasteiger partial charge in [-0.15, -0.1) is 0 Å². The first-order valence-electron chi connectivity index (χ1n) is 10.8. The Kier molecular flexibility index (Phi) is 6.43.